The normalized spacial score (nSPS) is 38.7. The van der Waals surface area contributed by atoms with Crippen LogP contribution in [-0.2, 0) is 9.53 Å². The molecular formula is C9H15NO2. The van der Waals surface area contributed by atoms with Crippen molar-refractivity contribution in [1.29, 1.82) is 0 Å². The van der Waals surface area contributed by atoms with E-state index in [2.05, 4.69) is 0 Å². The minimum atomic E-state index is 0.152. The summed E-state index contributed by atoms with van der Waals surface area (Å²) in [6, 6.07) is 0. The van der Waals surface area contributed by atoms with Crippen LogP contribution in [0.2, 0.25) is 0 Å². The molecule has 1 amide bonds. The maximum atomic E-state index is 11.6. The predicted octanol–water partition coefficient (Wildman–Crippen LogP) is 0.642. The summed E-state index contributed by atoms with van der Waals surface area (Å²) in [4.78, 5) is 13.3. The molecule has 68 valence electrons. The molecule has 0 radical (unpaired) electrons. The lowest BCUT2D eigenvalue weighted by Gasteiger charge is -2.21. The highest BCUT2D eigenvalue weighted by Gasteiger charge is 2.44. The van der Waals surface area contributed by atoms with E-state index in [-0.39, 0.29) is 17.9 Å². The van der Waals surface area contributed by atoms with E-state index in [1.54, 1.807) is 4.90 Å². The van der Waals surface area contributed by atoms with E-state index < -0.39 is 0 Å². The molecule has 3 atom stereocenters. The van der Waals surface area contributed by atoms with Crippen molar-refractivity contribution in [3.8, 4) is 0 Å². The fraction of sp³-hybridized carbons (Fsp3) is 0.889. The van der Waals surface area contributed by atoms with Gasteiger partial charge in [-0.3, -0.25) is 4.79 Å². The molecule has 0 aromatic carbocycles. The Balaban J connectivity index is 2.02. The van der Waals surface area contributed by atoms with Crippen molar-refractivity contribution in [2.45, 2.75) is 31.5 Å². The lowest BCUT2D eigenvalue weighted by Crippen LogP contribution is -2.35. The number of ether oxygens (including phenoxy) is 1. The Kier molecular flexibility index (Phi) is 1.83. The number of fused-ring (bicyclic) bond motifs is 2. The van der Waals surface area contributed by atoms with Crippen molar-refractivity contribution >= 4 is 5.91 Å². The third-order valence-electron chi connectivity index (χ3n) is 2.86. The lowest BCUT2D eigenvalue weighted by atomic mass is 9.88. The minimum absolute atomic E-state index is 0.152. The van der Waals surface area contributed by atoms with Crippen LogP contribution < -0.4 is 0 Å². The smallest absolute Gasteiger partial charge is 0.227 e. The Morgan fingerprint density at radius 2 is 2.17 bits per heavy atom. The van der Waals surface area contributed by atoms with Gasteiger partial charge in [0.15, 0.2) is 0 Å². The van der Waals surface area contributed by atoms with E-state index >= 15 is 0 Å². The van der Waals surface area contributed by atoms with Gasteiger partial charge in [-0.15, -0.1) is 0 Å². The van der Waals surface area contributed by atoms with Crippen LogP contribution in [0.4, 0.5) is 0 Å². The molecule has 0 aliphatic carbocycles. The molecule has 2 fully saturated rings. The largest absolute Gasteiger partial charge is 0.374 e. The molecule has 2 saturated heterocycles. The molecule has 3 heteroatoms. The number of hydrogen-bond acceptors (Lipinski definition) is 2. The van der Waals surface area contributed by atoms with Crippen LogP contribution in [-0.4, -0.2) is 37.1 Å². The molecule has 2 rings (SSSR count). The highest BCUT2D eigenvalue weighted by atomic mass is 16.5. The summed E-state index contributed by atoms with van der Waals surface area (Å²) >= 11 is 0. The van der Waals surface area contributed by atoms with Gasteiger partial charge >= 0.3 is 0 Å². The number of nitrogens with zero attached hydrogens (tertiary/aromatic N) is 1. The second-order valence-electron chi connectivity index (χ2n) is 3.95. The molecule has 0 aromatic rings. The number of carbonyl (C=O) groups excluding carboxylic acids is 1. The number of hydrogen-bond donors (Lipinski definition) is 0. The molecule has 0 saturated carbocycles. The van der Waals surface area contributed by atoms with Crippen LogP contribution in [0, 0.1) is 5.92 Å². The van der Waals surface area contributed by atoms with Crippen molar-refractivity contribution < 1.29 is 9.53 Å². The zero-order chi connectivity index (χ0) is 8.72. The van der Waals surface area contributed by atoms with E-state index in [1.165, 1.54) is 0 Å². The van der Waals surface area contributed by atoms with E-state index in [0.29, 0.717) is 6.10 Å². The summed E-state index contributed by atoms with van der Waals surface area (Å²) in [5.74, 6) is 0.390. The van der Waals surface area contributed by atoms with E-state index in [9.17, 15) is 4.79 Å². The van der Waals surface area contributed by atoms with Gasteiger partial charge < -0.3 is 9.64 Å². The highest BCUT2D eigenvalue weighted by molar-refractivity contribution is 5.79. The van der Waals surface area contributed by atoms with E-state index in [1.807, 2.05) is 14.1 Å². The van der Waals surface area contributed by atoms with E-state index in [0.717, 1.165) is 19.3 Å². The Morgan fingerprint density at radius 1 is 1.42 bits per heavy atom. The van der Waals surface area contributed by atoms with Crippen LogP contribution in [0.3, 0.4) is 0 Å². The summed E-state index contributed by atoms with van der Waals surface area (Å²) in [6.07, 6.45) is 3.78. The molecule has 2 heterocycles. The average molecular weight is 169 g/mol. The highest BCUT2D eigenvalue weighted by Crippen LogP contribution is 2.39. The maximum absolute atomic E-state index is 11.6. The third kappa shape index (κ3) is 1.12. The fourth-order valence-electron chi connectivity index (χ4n) is 2.23. The molecule has 2 aliphatic rings. The Morgan fingerprint density at radius 3 is 2.58 bits per heavy atom. The van der Waals surface area contributed by atoms with Crippen LogP contribution in [0.1, 0.15) is 19.3 Å². The van der Waals surface area contributed by atoms with Crippen LogP contribution in [0.25, 0.3) is 0 Å². The van der Waals surface area contributed by atoms with Gasteiger partial charge in [-0.25, -0.2) is 0 Å². The molecule has 2 aliphatic heterocycles. The first-order chi connectivity index (χ1) is 5.68. The van der Waals surface area contributed by atoms with Gasteiger partial charge in [0.2, 0.25) is 5.91 Å². The number of carbonyl (C=O) groups is 1. The molecule has 2 bridgehead atoms. The van der Waals surface area contributed by atoms with Crippen LogP contribution >= 0.6 is 0 Å². The SMILES string of the molecule is CN(C)C(=O)[C@H]1C[C@H]2CC[C@@H]1O2. The third-order valence-corrected chi connectivity index (χ3v) is 2.86. The second kappa shape index (κ2) is 2.73. The first-order valence-corrected chi connectivity index (χ1v) is 4.55. The molecular weight excluding hydrogens is 154 g/mol. The number of amides is 1. The Bertz CT molecular complexity index is 203. The summed E-state index contributed by atoms with van der Waals surface area (Å²) < 4.78 is 5.61. The van der Waals surface area contributed by atoms with Gasteiger partial charge in [0.25, 0.3) is 0 Å². The summed E-state index contributed by atoms with van der Waals surface area (Å²) in [7, 11) is 3.63. The van der Waals surface area contributed by atoms with Crippen LogP contribution in [0.5, 0.6) is 0 Å². The fourth-order valence-corrected chi connectivity index (χ4v) is 2.23. The lowest BCUT2D eigenvalue weighted by molar-refractivity contribution is -0.134. The van der Waals surface area contributed by atoms with E-state index in [4.69, 9.17) is 4.74 Å². The molecule has 0 aromatic heterocycles. The first kappa shape index (κ1) is 8.05. The van der Waals surface area contributed by atoms with Crippen molar-refractivity contribution in [3.63, 3.8) is 0 Å². The van der Waals surface area contributed by atoms with Gasteiger partial charge in [0, 0.05) is 14.1 Å². The summed E-state index contributed by atoms with van der Waals surface area (Å²) in [5.41, 5.74) is 0. The molecule has 12 heavy (non-hydrogen) atoms. The van der Waals surface area contributed by atoms with Gasteiger partial charge in [-0.1, -0.05) is 0 Å². The van der Waals surface area contributed by atoms with Crippen molar-refractivity contribution in [2.75, 3.05) is 14.1 Å². The van der Waals surface area contributed by atoms with Gasteiger partial charge in [-0.05, 0) is 19.3 Å². The zero-order valence-corrected chi connectivity index (χ0v) is 7.62. The van der Waals surface area contributed by atoms with Gasteiger partial charge in [0.1, 0.15) is 0 Å². The summed E-state index contributed by atoms with van der Waals surface area (Å²) in [5, 5.41) is 0. The average Bonchev–Trinajstić information content (AvgIpc) is 2.62. The standard InChI is InChI=1S/C9H15NO2/c1-10(2)9(11)7-5-6-3-4-8(7)12-6/h6-8H,3-5H2,1-2H3/t6-,7+,8+/m1/s1. The molecule has 3 nitrogen and oxygen atoms in total. The Hall–Kier alpha value is -0.570. The molecule has 0 spiro atoms. The minimum Gasteiger partial charge on any atom is -0.374 e. The quantitative estimate of drug-likeness (QED) is 0.576. The van der Waals surface area contributed by atoms with Crippen molar-refractivity contribution in [3.05, 3.63) is 0 Å². The summed E-state index contributed by atoms with van der Waals surface area (Å²) in [6.45, 7) is 0. The Labute approximate surface area is 72.7 Å². The van der Waals surface area contributed by atoms with Gasteiger partial charge in [0.05, 0.1) is 18.1 Å². The van der Waals surface area contributed by atoms with Gasteiger partial charge in [-0.2, -0.15) is 0 Å². The first-order valence-electron chi connectivity index (χ1n) is 4.55. The van der Waals surface area contributed by atoms with Crippen LogP contribution in [0.15, 0.2) is 0 Å². The molecule has 0 N–H and O–H groups in total. The number of rotatable bonds is 1. The second-order valence-corrected chi connectivity index (χ2v) is 3.95. The monoisotopic (exact) mass is 169 g/mol. The predicted molar refractivity (Wildman–Crippen MR) is 44.7 cm³/mol. The topological polar surface area (TPSA) is 29.5 Å². The maximum Gasteiger partial charge on any atom is 0.227 e. The van der Waals surface area contributed by atoms with Crippen molar-refractivity contribution in [1.82, 2.24) is 4.90 Å². The zero-order valence-electron chi connectivity index (χ0n) is 7.62. The molecule has 0 unspecified atom stereocenters. The van der Waals surface area contributed by atoms with Crippen molar-refractivity contribution in [2.24, 2.45) is 5.92 Å².